The van der Waals surface area contributed by atoms with Crippen molar-refractivity contribution in [1.29, 1.82) is 0 Å². The number of nitrogens with zero attached hydrogens (tertiary/aromatic N) is 3. The van der Waals surface area contributed by atoms with Gasteiger partial charge in [0, 0.05) is 39.4 Å². The molecule has 0 unspecified atom stereocenters. The van der Waals surface area contributed by atoms with Crippen molar-refractivity contribution in [3.8, 4) is 0 Å². The maximum atomic E-state index is 12.8. The Balaban J connectivity index is 1.80. The van der Waals surface area contributed by atoms with Gasteiger partial charge in [0.1, 0.15) is 10.8 Å². The highest BCUT2D eigenvalue weighted by Crippen LogP contribution is 2.28. The molecule has 0 radical (unpaired) electrons. The number of halogens is 2. The second-order valence-corrected chi connectivity index (χ2v) is 7.33. The first-order chi connectivity index (χ1) is 12.0. The van der Waals surface area contributed by atoms with Gasteiger partial charge in [-0.15, -0.1) is 0 Å². The molecule has 6 heteroatoms. The predicted molar refractivity (Wildman–Crippen MR) is 104 cm³/mol. The van der Waals surface area contributed by atoms with Crippen LogP contribution < -0.4 is 4.90 Å². The molecular formula is C19H23Cl2N3O. The zero-order chi connectivity index (χ0) is 18.0. The lowest BCUT2D eigenvalue weighted by atomic mass is 10.1. The number of para-hydroxylation sites is 1. The monoisotopic (exact) mass is 379 g/mol. The number of hydrogen-bond donors (Lipinski definition) is 0. The summed E-state index contributed by atoms with van der Waals surface area (Å²) < 4.78 is 1.62. The van der Waals surface area contributed by atoms with Crippen molar-refractivity contribution in [3.63, 3.8) is 0 Å². The van der Waals surface area contributed by atoms with Crippen molar-refractivity contribution in [3.05, 3.63) is 51.8 Å². The summed E-state index contributed by atoms with van der Waals surface area (Å²) in [5.74, 6) is -0.0928. The van der Waals surface area contributed by atoms with E-state index < -0.39 is 0 Å². The Kier molecular flexibility index (Phi) is 5.60. The number of benzene rings is 1. The summed E-state index contributed by atoms with van der Waals surface area (Å²) in [6.45, 7) is 2.71. The summed E-state index contributed by atoms with van der Waals surface area (Å²) in [5, 5.41) is 0.779. The maximum Gasteiger partial charge on any atom is 0.270 e. The molecule has 0 aliphatic carbocycles. The molecule has 0 bridgehead atoms. The zero-order valence-electron chi connectivity index (χ0n) is 14.6. The third-order valence-electron chi connectivity index (χ3n) is 4.78. The van der Waals surface area contributed by atoms with Gasteiger partial charge in [-0.25, -0.2) is 0 Å². The molecule has 0 N–H and O–H groups in total. The standard InChI is InChI=1S/C19H23Cl2N3O/c1-22(19(25)17-12-15(20)18(21)23(17)2)13-14-8-4-5-9-16(14)24-10-6-3-7-11-24/h4-5,8-9,12H,3,6-7,10-11,13H2,1-2H3. The van der Waals surface area contributed by atoms with Crippen LogP contribution in [0.3, 0.4) is 0 Å². The van der Waals surface area contributed by atoms with Crippen molar-refractivity contribution in [2.75, 3.05) is 25.0 Å². The topological polar surface area (TPSA) is 28.5 Å². The van der Waals surface area contributed by atoms with E-state index in [9.17, 15) is 4.79 Å². The van der Waals surface area contributed by atoms with Crippen LogP contribution in [0.25, 0.3) is 0 Å². The maximum absolute atomic E-state index is 12.8. The predicted octanol–water partition coefficient (Wildman–Crippen LogP) is 4.59. The molecule has 1 amide bonds. The summed E-state index contributed by atoms with van der Waals surface area (Å²) in [6.07, 6.45) is 3.75. The third-order valence-corrected chi connectivity index (χ3v) is 5.62. The van der Waals surface area contributed by atoms with Crippen LogP contribution in [0.1, 0.15) is 35.3 Å². The Morgan fingerprint density at radius 2 is 1.84 bits per heavy atom. The minimum Gasteiger partial charge on any atom is -0.371 e. The lowest BCUT2D eigenvalue weighted by molar-refractivity contribution is 0.0776. The van der Waals surface area contributed by atoms with E-state index in [-0.39, 0.29) is 5.91 Å². The number of aromatic nitrogens is 1. The highest BCUT2D eigenvalue weighted by atomic mass is 35.5. The molecule has 1 aliphatic heterocycles. The molecule has 3 rings (SSSR count). The number of hydrogen-bond acceptors (Lipinski definition) is 2. The first kappa shape index (κ1) is 18.2. The van der Waals surface area contributed by atoms with Gasteiger partial charge in [0.15, 0.2) is 0 Å². The smallest absolute Gasteiger partial charge is 0.270 e. The molecule has 134 valence electrons. The van der Waals surface area contributed by atoms with Gasteiger partial charge < -0.3 is 14.4 Å². The Hall–Kier alpha value is -1.65. The fraction of sp³-hybridized carbons (Fsp3) is 0.421. The Morgan fingerprint density at radius 3 is 2.48 bits per heavy atom. The van der Waals surface area contributed by atoms with Crippen molar-refractivity contribution in [1.82, 2.24) is 9.47 Å². The molecule has 25 heavy (non-hydrogen) atoms. The largest absolute Gasteiger partial charge is 0.371 e. The van der Waals surface area contributed by atoms with Crippen molar-refractivity contribution < 1.29 is 4.79 Å². The zero-order valence-corrected chi connectivity index (χ0v) is 16.1. The minimum absolute atomic E-state index is 0.0928. The lowest BCUT2D eigenvalue weighted by Gasteiger charge is -2.31. The molecule has 0 saturated carbocycles. The van der Waals surface area contributed by atoms with Crippen molar-refractivity contribution >= 4 is 34.8 Å². The number of piperidine rings is 1. The first-order valence-electron chi connectivity index (χ1n) is 8.58. The highest BCUT2D eigenvalue weighted by molar-refractivity contribution is 6.41. The molecule has 1 fully saturated rings. The van der Waals surface area contributed by atoms with Crippen molar-refractivity contribution in [2.45, 2.75) is 25.8 Å². The van der Waals surface area contributed by atoms with Crippen molar-refractivity contribution in [2.24, 2.45) is 7.05 Å². The van der Waals surface area contributed by atoms with Crippen LogP contribution in [-0.4, -0.2) is 35.5 Å². The van der Waals surface area contributed by atoms with Gasteiger partial charge in [0.25, 0.3) is 5.91 Å². The molecule has 1 saturated heterocycles. The number of amides is 1. The normalized spacial score (nSPS) is 14.6. The van der Waals surface area contributed by atoms with Crippen LogP contribution in [0.4, 0.5) is 5.69 Å². The van der Waals surface area contributed by atoms with E-state index in [1.165, 1.54) is 24.9 Å². The van der Waals surface area contributed by atoms with Gasteiger partial charge in [-0.2, -0.15) is 0 Å². The van der Waals surface area contributed by atoms with Gasteiger partial charge in [-0.1, -0.05) is 41.4 Å². The van der Waals surface area contributed by atoms with Gasteiger partial charge in [0.05, 0.1) is 5.02 Å². The number of carbonyl (C=O) groups excluding carboxylic acids is 1. The van der Waals surface area contributed by atoms with E-state index in [4.69, 9.17) is 23.2 Å². The molecular weight excluding hydrogens is 357 g/mol. The Morgan fingerprint density at radius 1 is 1.16 bits per heavy atom. The van der Waals surface area contributed by atoms with E-state index >= 15 is 0 Å². The van der Waals surface area contributed by atoms with E-state index in [0.29, 0.717) is 22.4 Å². The second-order valence-electron chi connectivity index (χ2n) is 6.56. The fourth-order valence-corrected chi connectivity index (χ4v) is 3.73. The van der Waals surface area contributed by atoms with E-state index in [2.05, 4.69) is 23.1 Å². The van der Waals surface area contributed by atoms with E-state index in [0.717, 1.165) is 18.7 Å². The van der Waals surface area contributed by atoms with Crippen LogP contribution in [0, 0.1) is 0 Å². The van der Waals surface area contributed by atoms with Crippen LogP contribution in [-0.2, 0) is 13.6 Å². The van der Waals surface area contributed by atoms with Gasteiger partial charge in [0.2, 0.25) is 0 Å². The SMILES string of the molecule is CN(Cc1ccccc1N1CCCCC1)C(=O)c1cc(Cl)c(Cl)n1C. The Bertz CT molecular complexity index is 766. The highest BCUT2D eigenvalue weighted by Gasteiger charge is 2.21. The molecule has 0 spiro atoms. The van der Waals surface area contributed by atoms with Crippen LogP contribution in [0.5, 0.6) is 0 Å². The molecule has 1 aromatic carbocycles. The molecule has 0 atom stereocenters. The minimum atomic E-state index is -0.0928. The van der Waals surface area contributed by atoms with Gasteiger partial charge >= 0.3 is 0 Å². The second kappa shape index (κ2) is 7.71. The molecule has 1 aromatic heterocycles. The van der Waals surface area contributed by atoms with E-state index in [1.807, 2.05) is 13.1 Å². The van der Waals surface area contributed by atoms with E-state index in [1.54, 1.807) is 22.6 Å². The van der Waals surface area contributed by atoms with Gasteiger partial charge in [-0.05, 0) is 37.0 Å². The fourth-order valence-electron chi connectivity index (χ4n) is 3.36. The lowest BCUT2D eigenvalue weighted by Crippen LogP contribution is -2.32. The van der Waals surface area contributed by atoms with Crippen LogP contribution in [0.2, 0.25) is 10.2 Å². The van der Waals surface area contributed by atoms with Crippen LogP contribution >= 0.6 is 23.2 Å². The number of rotatable bonds is 4. The first-order valence-corrected chi connectivity index (χ1v) is 9.33. The quantitative estimate of drug-likeness (QED) is 0.776. The summed E-state index contributed by atoms with van der Waals surface area (Å²) in [6, 6.07) is 9.95. The van der Waals surface area contributed by atoms with Crippen LogP contribution in [0.15, 0.2) is 30.3 Å². The third kappa shape index (κ3) is 3.80. The molecule has 1 aliphatic rings. The molecule has 2 aromatic rings. The molecule has 2 heterocycles. The number of carbonyl (C=O) groups is 1. The summed E-state index contributed by atoms with van der Waals surface area (Å²) in [5.41, 5.74) is 2.88. The number of anilines is 1. The molecule has 4 nitrogen and oxygen atoms in total. The Labute approximate surface area is 158 Å². The summed E-state index contributed by atoms with van der Waals surface area (Å²) >= 11 is 12.1. The average molecular weight is 380 g/mol. The van der Waals surface area contributed by atoms with Gasteiger partial charge in [-0.3, -0.25) is 4.79 Å². The summed E-state index contributed by atoms with van der Waals surface area (Å²) in [4.78, 5) is 16.9. The summed E-state index contributed by atoms with van der Waals surface area (Å²) in [7, 11) is 3.56. The average Bonchev–Trinajstić information content (AvgIpc) is 2.89.